The van der Waals surface area contributed by atoms with Crippen LogP contribution in [0.3, 0.4) is 0 Å². The molecule has 0 saturated carbocycles. The Hall–Kier alpha value is -4.05. The molecule has 8 nitrogen and oxygen atoms in total. The van der Waals surface area contributed by atoms with Crippen LogP contribution in [0.25, 0.3) is 0 Å². The van der Waals surface area contributed by atoms with Crippen molar-refractivity contribution in [3.8, 4) is 0 Å². The van der Waals surface area contributed by atoms with Crippen LogP contribution in [-0.2, 0) is 16.1 Å². The Bertz CT molecular complexity index is 1300. The van der Waals surface area contributed by atoms with E-state index in [2.05, 4.69) is 17.5 Å². The zero-order chi connectivity index (χ0) is 26.8. The highest BCUT2D eigenvalue weighted by molar-refractivity contribution is 5.92. The van der Waals surface area contributed by atoms with Crippen LogP contribution in [-0.4, -0.2) is 70.5 Å². The van der Waals surface area contributed by atoms with Gasteiger partial charge in [-0.2, -0.15) is 5.01 Å². The van der Waals surface area contributed by atoms with Crippen molar-refractivity contribution in [3.05, 3.63) is 95.1 Å². The minimum atomic E-state index is -0.940. The molecule has 0 bridgehead atoms. The molecular weight excluding hydrogens is 492 g/mol. The van der Waals surface area contributed by atoms with Crippen LogP contribution in [0.2, 0.25) is 0 Å². The van der Waals surface area contributed by atoms with Gasteiger partial charge in [-0.15, -0.1) is 0 Å². The highest BCUT2D eigenvalue weighted by atomic mass is 19.1. The lowest BCUT2D eigenvalue weighted by atomic mass is 10.00. The molecule has 1 N–H and O–H groups in total. The van der Waals surface area contributed by atoms with Crippen molar-refractivity contribution in [1.82, 2.24) is 25.1 Å². The maximum Gasteiger partial charge on any atom is 0.332 e. The molecule has 10 heteroatoms. The van der Waals surface area contributed by atoms with Gasteiger partial charge in [0.05, 0.1) is 13.1 Å². The monoisotopic (exact) mass is 521 g/mol. The summed E-state index contributed by atoms with van der Waals surface area (Å²) in [6.07, 6.45) is 7.36. The van der Waals surface area contributed by atoms with Crippen molar-refractivity contribution < 1.29 is 23.2 Å². The lowest BCUT2D eigenvalue weighted by Gasteiger charge is -2.45. The van der Waals surface area contributed by atoms with E-state index in [0.717, 1.165) is 30.5 Å². The van der Waals surface area contributed by atoms with E-state index in [9.17, 15) is 23.2 Å². The molecule has 4 amide bonds. The van der Waals surface area contributed by atoms with Gasteiger partial charge in [-0.25, -0.2) is 13.6 Å². The number of allylic oxidation sites excluding steroid dienone is 2. The first-order chi connectivity index (χ1) is 18.3. The first kappa shape index (κ1) is 25.6. The fourth-order valence-electron chi connectivity index (χ4n) is 5.16. The Labute approximate surface area is 219 Å². The normalized spacial score (nSPS) is 21.4. The highest BCUT2D eigenvalue weighted by Crippen LogP contribution is 2.36. The van der Waals surface area contributed by atoms with E-state index in [1.54, 1.807) is 36.3 Å². The Morgan fingerprint density at radius 2 is 1.89 bits per heavy atom. The van der Waals surface area contributed by atoms with Crippen LogP contribution in [0.5, 0.6) is 0 Å². The van der Waals surface area contributed by atoms with Gasteiger partial charge in [0, 0.05) is 31.8 Å². The van der Waals surface area contributed by atoms with Gasteiger partial charge in [0.2, 0.25) is 5.91 Å². The smallest absolute Gasteiger partial charge is 0.332 e. The minimum absolute atomic E-state index is 0.0518. The lowest BCUT2D eigenvalue weighted by molar-refractivity contribution is -0.157. The van der Waals surface area contributed by atoms with Gasteiger partial charge in [0.1, 0.15) is 23.8 Å². The largest absolute Gasteiger partial charge is 0.333 e. The molecule has 2 fully saturated rings. The van der Waals surface area contributed by atoms with Crippen LogP contribution in [0.4, 0.5) is 13.6 Å². The molecule has 198 valence electrons. The maximum atomic E-state index is 14.5. The molecular formula is C28H29F2N5O3. The molecule has 5 rings (SSSR count). The third kappa shape index (κ3) is 5.04. The summed E-state index contributed by atoms with van der Waals surface area (Å²) in [6, 6.07) is 10.8. The van der Waals surface area contributed by atoms with Crippen LogP contribution in [0, 0.1) is 11.6 Å². The number of hydrogen-bond acceptors (Lipinski definition) is 4. The molecule has 3 aliphatic rings. The number of carbonyl (C=O) groups is 3. The molecule has 1 aliphatic carbocycles. The van der Waals surface area contributed by atoms with Gasteiger partial charge in [0.25, 0.3) is 5.91 Å². The summed E-state index contributed by atoms with van der Waals surface area (Å²) in [5.74, 6) is -2.11. The summed E-state index contributed by atoms with van der Waals surface area (Å²) in [6.45, 7) is 0.219. The zero-order valence-corrected chi connectivity index (χ0v) is 21.0. The van der Waals surface area contributed by atoms with Crippen molar-refractivity contribution in [2.75, 3.05) is 26.7 Å². The van der Waals surface area contributed by atoms with Gasteiger partial charge in [-0.3, -0.25) is 14.6 Å². The summed E-state index contributed by atoms with van der Waals surface area (Å²) < 4.78 is 28.0. The fraction of sp³-hybridized carbons (Fsp3) is 0.321. The van der Waals surface area contributed by atoms with Crippen LogP contribution in [0.1, 0.15) is 30.0 Å². The van der Waals surface area contributed by atoms with Crippen LogP contribution in [0.15, 0.2) is 72.3 Å². The molecule has 2 saturated heterocycles. The van der Waals surface area contributed by atoms with E-state index >= 15 is 0 Å². The topological polar surface area (TPSA) is 76.2 Å². The van der Waals surface area contributed by atoms with Crippen molar-refractivity contribution in [1.29, 1.82) is 0 Å². The van der Waals surface area contributed by atoms with E-state index < -0.39 is 23.8 Å². The van der Waals surface area contributed by atoms with E-state index in [-0.39, 0.29) is 43.0 Å². The van der Waals surface area contributed by atoms with Crippen molar-refractivity contribution in [2.45, 2.75) is 31.6 Å². The second-order valence-corrected chi connectivity index (χ2v) is 9.59. The molecule has 2 heterocycles. The first-order valence-electron chi connectivity index (χ1n) is 12.6. The Balaban J connectivity index is 1.41. The predicted molar refractivity (Wildman–Crippen MR) is 136 cm³/mol. The Kier molecular flexibility index (Phi) is 7.24. The van der Waals surface area contributed by atoms with E-state index in [1.807, 2.05) is 12.1 Å². The number of benzene rings is 2. The number of hydrazine groups is 1. The number of urea groups is 1. The second kappa shape index (κ2) is 10.7. The molecule has 2 aliphatic heterocycles. The number of hydrogen-bond donors (Lipinski definition) is 1. The number of fused-ring (bicyclic) bond motifs is 1. The standard InChI is InChI=1S/C28H29F2N5O3/c1-32(28(38)31-15-19-8-4-2-5-9-19)34-18-25(36)35-24(34)17-33(16-21-12-13-22(29)14-23(21)30)27(37)26(35)20-10-6-3-7-11-20/h3-4,6-14,24,26H,2,5,15-18H2,1H3,(H,31,38)/t24-,26+/m1/s1. The van der Waals surface area contributed by atoms with Crippen molar-refractivity contribution >= 4 is 17.8 Å². The van der Waals surface area contributed by atoms with Gasteiger partial charge in [-0.1, -0.05) is 54.6 Å². The molecule has 2 aromatic rings. The average Bonchev–Trinajstić information content (AvgIpc) is 3.25. The predicted octanol–water partition coefficient (Wildman–Crippen LogP) is 3.35. The van der Waals surface area contributed by atoms with E-state index in [1.165, 1.54) is 20.9 Å². The molecule has 38 heavy (non-hydrogen) atoms. The Morgan fingerprint density at radius 1 is 1.11 bits per heavy atom. The number of piperazine rings is 1. The van der Waals surface area contributed by atoms with Crippen LogP contribution >= 0.6 is 0 Å². The SMILES string of the molecule is CN(C(=O)NCC1=CCCC=C1)N1CC(=O)N2[C@@H](c3ccccc3)C(=O)N(Cc3ccc(F)cc3F)C[C@@H]21. The molecule has 0 spiro atoms. The van der Waals surface area contributed by atoms with Gasteiger partial charge < -0.3 is 15.1 Å². The van der Waals surface area contributed by atoms with Gasteiger partial charge in [0.15, 0.2) is 0 Å². The molecule has 0 unspecified atom stereocenters. The molecule has 2 aromatic carbocycles. The fourth-order valence-corrected chi connectivity index (χ4v) is 5.16. The van der Waals surface area contributed by atoms with E-state index in [0.29, 0.717) is 12.1 Å². The van der Waals surface area contributed by atoms with Crippen molar-refractivity contribution in [2.24, 2.45) is 0 Å². The number of amides is 4. The number of carbonyl (C=O) groups excluding carboxylic acids is 3. The third-order valence-corrected chi connectivity index (χ3v) is 7.14. The van der Waals surface area contributed by atoms with Gasteiger partial charge >= 0.3 is 6.03 Å². The third-order valence-electron chi connectivity index (χ3n) is 7.14. The lowest BCUT2D eigenvalue weighted by Crippen LogP contribution is -2.62. The summed E-state index contributed by atoms with van der Waals surface area (Å²) >= 11 is 0. The maximum absolute atomic E-state index is 14.5. The molecule has 0 radical (unpaired) electrons. The highest BCUT2D eigenvalue weighted by Gasteiger charge is 2.52. The number of halogens is 2. The van der Waals surface area contributed by atoms with E-state index in [4.69, 9.17) is 0 Å². The van der Waals surface area contributed by atoms with Gasteiger partial charge in [-0.05, 0) is 30.0 Å². The minimum Gasteiger partial charge on any atom is -0.333 e. The summed E-state index contributed by atoms with van der Waals surface area (Å²) in [4.78, 5) is 43.0. The number of rotatable bonds is 6. The number of nitrogens with one attached hydrogen (secondary N) is 1. The summed E-state index contributed by atoms with van der Waals surface area (Å²) in [7, 11) is 1.58. The molecule has 0 aromatic heterocycles. The second-order valence-electron chi connectivity index (χ2n) is 9.59. The molecule has 2 atom stereocenters. The van der Waals surface area contributed by atoms with Crippen molar-refractivity contribution in [3.63, 3.8) is 0 Å². The summed E-state index contributed by atoms with van der Waals surface area (Å²) in [5, 5.41) is 5.87. The number of nitrogens with zero attached hydrogens (tertiary/aromatic N) is 4. The quantitative estimate of drug-likeness (QED) is 0.633. The Morgan fingerprint density at radius 3 is 2.61 bits per heavy atom. The first-order valence-corrected chi connectivity index (χ1v) is 12.6. The van der Waals surface area contributed by atoms with Crippen LogP contribution < -0.4 is 5.32 Å². The zero-order valence-electron chi connectivity index (χ0n) is 21.0. The average molecular weight is 522 g/mol. The summed E-state index contributed by atoms with van der Waals surface area (Å²) in [5.41, 5.74) is 1.79.